The van der Waals surface area contributed by atoms with E-state index in [4.69, 9.17) is 18.9 Å². The van der Waals surface area contributed by atoms with Gasteiger partial charge in [0, 0.05) is 32.1 Å². The molecule has 42 heavy (non-hydrogen) atoms. The van der Waals surface area contributed by atoms with E-state index in [1.165, 1.54) is 26.0 Å². The molecule has 11 nitrogen and oxygen atoms in total. The average Bonchev–Trinajstić information content (AvgIpc) is 2.90. The van der Waals surface area contributed by atoms with Gasteiger partial charge in [0.25, 0.3) is 0 Å². The molecule has 0 amide bonds. The number of esters is 3. The lowest BCUT2D eigenvalue weighted by Gasteiger charge is -2.67. The summed E-state index contributed by atoms with van der Waals surface area (Å²) in [5, 5.41) is 35.8. The van der Waals surface area contributed by atoms with Gasteiger partial charge >= 0.3 is 17.9 Å². The molecule has 1 heterocycles. The molecule has 1 saturated heterocycles. The number of fused-ring (bicyclic) bond motifs is 5. The van der Waals surface area contributed by atoms with Crippen molar-refractivity contribution in [2.24, 2.45) is 16.7 Å². The predicted molar refractivity (Wildman–Crippen MR) is 145 cm³/mol. The van der Waals surface area contributed by atoms with Gasteiger partial charge in [-0.1, -0.05) is 32.0 Å². The Morgan fingerprint density at radius 1 is 1.00 bits per heavy atom. The summed E-state index contributed by atoms with van der Waals surface area (Å²) in [6.07, 6.45) is -7.27. The summed E-state index contributed by atoms with van der Waals surface area (Å²) in [6.45, 7) is 8.42. The molecule has 3 aliphatic carbocycles. The lowest BCUT2D eigenvalue weighted by molar-refractivity contribution is -0.345. The SMILES string of the molecule is CC(=O)OC1C(=O)[C@]2(C)C(O)CC3OC[C@]3(OC(C)=O)C2[C@@H](OC(=O)c2ccccc2)[C@]2(O)CC(O)C(C)=C1C2(C)C. The van der Waals surface area contributed by atoms with Gasteiger partial charge in [-0.3, -0.25) is 14.4 Å². The fraction of sp³-hybridized carbons (Fsp3) is 0.613. The highest BCUT2D eigenvalue weighted by atomic mass is 16.6. The zero-order valence-corrected chi connectivity index (χ0v) is 24.6. The zero-order valence-electron chi connectivity index (χ0n) is 24.6. The van der Waals surface area contributed by atoms with E-state index in [-0.39, 0.29) is 30.6 Å². The maximum Gasteiger partial charge on any atom is 0.338 e. The number of aliphatic hydroxyl groups excluding tert-OH is 2. The van der Waals surface area contributed by atoms with Gasteiger partial charge in [0.1, 0.15) is 17.8 Å². The number of ether oxygens (including phenoxy) is 4. The van der Waals surface area contributed by atoms with Crippen LogP contribution in [0.5, 0.6) is 0 Å². The highest BCUT2D eigenvalue weighted by Crippen LogP contribution is 2.64. The summed E-state index contributed by atoms with van der Waals surface area (Å²) in [7, 11) is 0. The molecule has 4 aliphatic rings. The first kappa shape index (κ1) is 30.3. The first-order chi connectivity index (χ1) is 19.5. The molecule has 1 aromatic rings. The second-order valence-corrected chi connectivity index (χ2v) is 12.8. The number of Topliss-reactive ketones (excluding diaryl/α,β-unsaturated/α-hetero) is 1. The van der Waals surface area contributed by atoms with Crippen LogP contribution in [0.3, 0.4) is 0 Å². The summed E-state index contributed by atoms with van der Waals surface area (Å²) in [6, 6.07) is 8.05. The molecule has 3 N–H and O–H groups in total. The van der Waals surface area contributed by atoms with Crippen LogP contribution in [0.4, 0.5) is 0 Å². The number of carbonyl (C=O) groups excluding carboxylic acids is 4. The zero-order chi connectivity index (χ0) is 31.0. The Morgan fingerprint density at radius 2 is 1.64 bits per heavy atom. The molecule has 228 valence electrons. The number of carbonyl (C=O) groups is 4. The van der Waals surface area contributed by atoms with Crippen molar-refractivity contribution in [1.82, 2.24) is 0 Å². The van der Waals surface area contributed by atoms with Crippen LogP contribution < -0.4 is 0 Å². The smallest absolute Gasteiger partial charge is 0.338 e. The van der Waals surface area contributed by atoms with Crippen molar-refractivity contribution >= 4 is 23.7 Å². The monoisotopic (exact) mass is 586 g/mol. The van der Waals surface area contributed by atoms with E-state index in [0.29, 0.717) is 5.57 Å². The van der Waals surface area contributed by atoms with Crippen LogP contribution in [0.1, 0.15) is 64.7 Å². The predicted octanol–water partition coefficient (Wildman–Crippen LogP) is 1.65. The molecule has 0 radical (unpaired) electrons. The van der Waals surface area contributed by atoms with Crippen LogP contribution in [-0.4, -0.2) is 87.3 Å². The molecular formula is C31H38O11. The molecule has 0 spiro atoms. The molecule has 11 heteroatoms. The first-order valence-electron chi connectivity index (χ1n) is 14.1. The van der Waals surface area contributed by atoms with E-state index in [1.54, 1.807) is 39.0 Å². The van der Waals surface area contributed by atoms with Gasteiger partial charge in [-0.15, -0.1) is 0 Å². The summed E-state index contributed by atoms with van der Waals surface area (Å²) in [5.41, 5.74) is -6.38. The molecule has 5 unspecified atom stereocenters. The van der Waals surface area contributed by atoms with E-state index >= 15 is 0 Å². The average molecular weight is 587 g/mol. The fourth-order valence-corrected chi connectivity index (χ4v) is 7.91. The Balaban J connectivity index is 1.84. The van der Waals surface area contributed by atoms with Gasteiger partial charge < -0.3 is 34.3 Å². The van der Waals surface area contributed by atoms with Crippen molar-refractivity contribution in [3.63, 3.8) is 0 Å². The van der Waals surface area contributed by atoms with Crippen LogP contribution in [0.15, 0.2) is 41.5 Å². The Kier molecular flexibility index (Phi) is 7.20. The first-order valence-corrected chi connectivity index (χ1v) is 14.1. The Morgan fingerprint density at radius 3 is 2.19 bits per heavy atom. The third-order valence-electron chi connectivity index (χ3n) is 10.2. The minimum Gasteiger partial charge on any atom is -0.455 e. The quantitative estimate of drug-likeness (QED) is 0.267. The summed E-state index contributed by atoms with van der Waals surface area (Å²) < 4.78 is 23.5. The second-order valence-electron chi connectivity index (χ2n) is 12.8. The third kappa shape index (κ3) is 4.08. The van der Waals surface area contributed by atoms with Crippen molar-refractivity contribution in [3.05, 3.63) is 47.0 Å². The van der Waals surface area contributed by atoms with Crippen molar-refractivity contribution in [2.75, 3.05) is 6.61 Å². The van der Waals surface area contributed by atoms with Crippen LogP contribution in [0.2, 0.25) is 0 Å². The van der Waals surface area contributed by atoms with Gasteiger partial charge in [0.2, 0.25) is 0 Å². The second kappa shape index (κ2) is 9.97. The summed E-state index contributed by atoms with van der Waals surface area (Å²) >= 11 is 0. The molecule has 0 aromatic heterocycles. The van der Waals surface area contributed by atoms with Gasteiger partial charge in [0.05, 0.1) is 35.7 Å². The third-order valence-corrected chi connectivity index (χ3v) is 10.2. The van der Waals surface area contributed by atoms with Gasteiger partial charge in [-0.2, -0.15) is 0 Å². The van der Waals surface area contributed by atoms with Crippen LogP contribution in [-0.2, 0) is 33.3 Å². The molecule has 2 saturated carbocycles. The Hall–Kier alpha value is -3.12. The maximum absolute atomic E-state index is 14.8. The number of hydrogen-bond acceptors (Lipinski definition) is 11. The van der Waals surface area contributed by atoms with Crippen molar-refractivity contribution in [3.8, 4) is 0 Å². The van der Waals surface area contributed by atoms with E-state index in [9.17, 15) is 34.5 Å². The molecule has 5 rings (SSSR count). The summed E-state index contributed by atoms with van der Waals surface area (Å²) in [5.74, 6) is -4.41. The molecule has 1 aliphatic heterocycles. The van der Waals surface area contributed by atoms with E-state index in [1.807, 2.05) is 0 Å². The largest absolute Gasteiger partial charge is 0.455 e. The van der Waals surface area contributed by atoms with Crippen molar-refractivity contribution in [2.45, 2.75) is 96.1 Å². The normalized spacial score (nSPS) is 40.4. The number of rotatable bonds is 4. The van der Waals surface area contributed by atoms with Crippen molar-refractivity contribution in [1.29, 1.82) is 0 Å². The van der Waals surface area contributed by atoms with Crippen LogP contribution >= 0.6 is 0 Å². The molecule has 2 bridgehead atoms. The molecule has 9 atom stereocenters. The van der Waals surface area contributed by atoms with E-state index in [0.717, 1.165) is 6.92 Å². The van der Waals surface area contributed by atoms with Gasteiger partial charge in [-0.25, -0.2) is 4.79 Å². The standard InChI is InChI=1S/C31H38O11/c1-15-19(34)13-31(38)26(41-27(37)18-10-8-7-9-11-18)24-29(6,20(35)12-21-30(24,14-39-21)42-17(3)33)25(36)23(40-16(2)32)22(15)28(31,4)5/h7-11,19-21,23-24,26,34-35,38H,12-14H2,1-6H3/t19?,20?,21?,23?,24?,26-,29-,30-,31-/m1/s1. The number of ketones is 1. The Labute approximate surface area is 243 Å². The topological polar surface area (TPSA) is 166 Å². The van der Waals surface area contributed by atoms with Crippen LogP contribution in [0.25, 0.3) is 0 Å². The maximum atomic E-state index is 14.8. The van der Waals surface area contributed by atoms with Gasteiger partial charge in [-0.05, 0) is 37.1 Å². The van der Waals surface area contributed by atoms with Gasteiger partial charge in [0.15, 0.2) is 17.5 Å². The lowest BCUT2D eigenvalue weighted by Crippen LogP contribution is -2.81. The highest BCUT2D eigenvalue weighted by Gasteiger charge is 2.78. The molecule has 1 aromatic carbocycles. The number of benzene rings is 1. The minimum absolute atomic E-state index is 0.110. The summed E-state index contributed by atoms with van der Waals surface area (Å²) in [4.78, 5) is 53.4. The lowest BCUT2D eigenvalue weighted by atomic mass is 9.44. The number of hydrogen-bond donors (Lipinski definition) is 3. The van der Waals surface area contributed by atoms with Crippen LogP contribution in [0, 0.1) is 16.7 Å². The van der Waals surface area contributed by atoms with E-state index in [2.05, 4.69) is 0 Å². The van der Waals surface area contributed by atoms with E-state index < -0.39 is 82.2 Å². The fourth-order valence-electron chi connectivity index (χ4n) is 7.91. The highest BCUT2D eigenvalue weighted by molar-refractivity contribution is 5.95. The Bertz CT molecular complexity index is 1350. The number of aliphatic hydroxyl groups is 3. The molecule has 3 fully saturated rings. The van der Waals surface area contributed by atoms with Crippen molar-refractivity contribution < 1.29 is 53.4 Å². The minimum atomic E-state index is -2.11. The molecular weight excluding hydrogens is 548 g/mol.